The summed E-state index contributed by atoms with van der Waals surface area (Å²) in [6.07, 6.45) is 1.26. The number of ketones is 1. The quantitative estimate of drug-likeness (QED) is 0.717. The van der Waals surface area contributed by atoms with E-state index in [1.54, 1.807) is 11.3 Å². The van der Waals surface area contributed by atoms with Crippen molar-refractivity contribution >= 4 is 17.1 Å². The van der Waals surface area contributed by atoms with Gasteiger partial charge in [0.1, 0.15) is 5.78 Å². The largest absolute Gasteiger partial charge is 0.309 e. The second-order valence-corrected chi connectivity index (χ2v) is 4.38. The molecular formula is C10H15NOS. The van der Waals surface area contributed by atoms with Gasteiger partial charge >= 0.3 is 0 Å². The highest BCUT2D eigenvalue weighted by Gasteiger charge is 2.04. The van der Waals surface area contributed by atoms with Gasteiger partial charge < -0.3 is 4.90 Å². The van der Waals surface area contributed by atoms with E-state index in [2.05, 4.69) is 0 Å². The van der Waals surface area contributed by atoms with Gasteiger partial charge in [-0.3, -0.25) is 4.79 Å². The molecule has 13 heavy (non-hydrogen) atoms. The normalized spacial score (nSPS) is 10.7. The zero-order valence-corrected chi connectivity index (χ0v) is 8.93. The molecule has 0 amide bonds. The number of thiophene rings is 1. The fourth-order valence-electron chi connectivity index (χ4n) is 1.04. The third kappa shape index (κ3) is 4.20. The van der Waals surface area contributed by atoms with Crippen LogP contribution in [0.3, 0.4) is 0 Å². The van der Waals surface area contributed by atoms with Crippen LogP contribution in [-0.2, 0) is 11.2 Å². The Bertz CT molecular complexity index is 254. The number of hydrogen-bond acceptors (Lipinski definition) is 3. The van der Waals surface area contributed by atoms with E-state index in [0.717, 1.165) is 6.54 Å². The van der Waals surface area contributed by atoms with E-state index in [1.807, 2.05) is 36.5 Å². The summed E-state index contributed by atoms with van der Waals surface area (Å²) in [6, 6.07) is 4.00. The summed E-state index contributed by atoms with van der Waals surface area (Å²) < 4.78 is 0. The molecule has 3 heteroatoms. The summed E-state index contributed by atoms with van der Waals surface area (Å²) in [5.41, 5.74) is 0. The van der Waals surface area contributed by atoms with Gasteiger partial charge in [0.05, 0.1) is 0 Å². The van der Waals surface area contributed by atoms with Gasteiger partial charge in [0.15, 0.2) is 0 Å². The zero-order valence-electron chi connectivity index (χ0n) is 8.12. The number of rotatable bonds is 5. The van der Waals surface area contributed by atoms with Crippen molar-refractivity contribution in [3.05, 3.63) is 22.4 Å². The van der Waals surface area contributed by atoms with Gasteiger partial charge in [-0.2, -0.15) is 0 Å². The van der Waals surface area contributed by atoms with Gasteiger partial charge in [-0.15, -0.1) is 11.3 Å². The van der Waals surface area contributed by atoms with Gasteiger partial charge in [-0.25, -0.2) is 0 Å². The highest BCUT2D eigenvalue weighted by atomic mass is 32.1. The lowest BCUT2D eigenvalue weighted by Crippen LogP contribution is -2.17. The first-order valence-corrected chi connectivity index (χ1v) is 5.25. The van der Waals surface area contributed by atoms with Crippen molar-refractivity contribution in [2.45, 2.75) is 12.8 Å². The van der Waals surface area contributed by atoms with E-state index in [9.17, 15) is 4.79 Å². The van der Waals surface area contributed by atoms with Gasteiger partial charge in [-0.05, 0) is 25.5 Å². The third-order valence-electron chi connectivity index (χ3n) is 1.79. The Labute approximate surface area is 83.2 Å². The topological polar surface area (TPSA) is 20.3 Å². The Morgan fingerprint density at radius 3 is 2.85 bits per heavy atom. The zero-order chi connectivity index (χ0) is 9.68. The third-order valence-corrected chi connectivity index (χ3v) is 2.67. The maximum Gasteiger partial charge on any atom is 0.139 e. The minimum absolute atomic E-state index is 0.330. The van der Waals surface area contributed by atoms with Crippen LogP contribution in [0.2, 0.25) is 0 Å². The molecule has 0 radical (unpaired) electrons. The van der Waals surface area contributed by atoms with Crippen molar-refractivity contribution in [1.29, 1.82) is 0 Å². The highest BCUT2D eigenvalue weighted by Crippen LogP contribution is 2.10. The van der Waals surface area contributed by atoms with Crippen LogP contribution in [0.15, 0.2) is 17.5 Å². The number of carbonyl (C=O) groups is 1. The van der Waals surface area contributed by atoms with Gasteiger partial charge in [0.25, 0.3) is 0 Å². The van der Waals surface area contributed by atoms with E-state index >= 15 is 0 Å². The lowest BCUT2D eigenvalue weighted by molar-refractivity contribution is -0.118. The number of carbonyl (C=O) groups excluding carboxylic acids is 1. The Morgan fingerprint density at radius 1 is 1.54 bits per heavy atom. The van der Waals surface area contributed by atoms with Crippen LogP contribution < -0.4 is 0 Å². The Hall–Kier alpha value is -0.670. The molecule has 0 saturated heterocycles. The van der Waals surface area contributed by atoms with Crippen LogP contribution in [-0.4, -0.2) is 31.3 Å². The molecule has 72 valence electrons. The molecule has 0 fully saturated rings. The minimum Gasteiger partial charge on any atom is -0.309 e. The average Bonchev–Trinajstić information content (AvgIpc) is 2.53. The lowest BCUT2D eigenvalue weighted by atomic mass is 10.2. The summed E-state index contributed by atoms with van der Waals surface area (Å²) in [5, 5.41) is 2.01. The van der Waals surface area contributed by atoms with E-state index < -0.39 is 0 Å². The van der Waals surface area contributed by atoms with Crippen molar-refractivity contribution in [3.8, 4) is 0 Å². The molecule has 0 spiro atoms. The standard InChI is InChI=1S/C10H15NOS/c1-11(2)6-5-9(12)8-10-4-3-7-13-10/h3-4,7H,5-6,8H2,1-2H3. The first-order chi connectivity index (χ1) is 6.18. The second kappa shape index (κ2) is 5.14. The fraction of sp³-hybridized carbons (Fsp3) is 0.500. The molecule has 0 atom stereocenters. The van der Waals surface area contributed by atoms with E-state index in [-0.39, 0.29) is 0 Å². The van der Waals surface area contributed by atoms with E-state index in [1.165, 1.54) is 4.88 Å². The number of hydrogen-bond donors (Lipinski definition) is 0. The predicted molar refractivity (Wildman–Crippen MR) is 56.2 cm³/mol. The maximum absolute atomic E-state index is 11.4. The summed E-state index contributed by atoms with van der Waals surface area (Å²) >= 11 is 1.65. The van der Waals surface area contributed by atoms with Crippen LogP contribution in [0.25, 0.3) is 0 Å². The predicted octanol–water partition coefficient (Wildman–Crippen LogP) is 1.81. The monoisotopic (exact) mass is 197 g/mol. The van der Waals surface area contributed by atoms with E-state index in [0.29, 0.717) is 18.6 Å². The summed E-state index contributed by atoms with van der Waals surface area (Å²) in [4.78, 5) is 14.6. The van der Waals surface area contributed by atoms with Crippen LogP contribution in [0, 0.1) is 0 Å². The van der Waals surface area contributed by atoms with Gasteiger partial charge in [-0.1, -0.05) is 6.07 Å². The molecule has 0 unspecified atom stereocenters. The summed E-state index contributed by atoms with van der Waals surface area (Å²) in [5.74, 6) is 0.330. The molecule has 1 aromatic rings. The maximum atomic E-state index is 11.4. The average molecular weight is 197 g/mol. The first-order valence-electron chi connectivity index (χ1n) is 4.37. The van der Waals surface area contributed by atoms with Crippen LogP contribution in [0.4, 0.5) is 0 Å². The SMILES string of the molecule is CN(C)CCC(=O)Cc1cccs1. The molecule has 0 aliphatic rings. The van der Waals surface area contributed by atoms with Crippen molar-refractivity contribution in [1.82, 2.24) is 4.90 Å². The highest BCUT2D eigenvalue weighted by molar-refractivity contribution is 7.10. The van der Waals surface area contributed by atoms with Crippen LogP contribution in [0.5, 0.6) is 0 Å². The molecule has 0 saturated carbocycles. The smallest absolute Gasteiger partial charge is 0.139 e. The molecule has 1 rings (SSSR count). The fourth-order valence-corrected chi connectivity index (χ4v) is 1.78. The number of nitrogens with zero attached hydrogens (tertiary/aromatic N) is 1. The van der Waals surface area contributed by atoms with E-state index in [4.69, 9.17) is 0 Å². The molecule has 0 N–H and O–H groups in total. The Balaban J connectivity index is 2.26. The molecule has 0 aromatic carbocycles. The molecule has 0 bridgehead atoms. The molecular weight excluding hydrogens is 182 g/mol. The number of Topliss-reactive ketones (excluding diaryl/α,β-unsaturated/α-hetero) is 1. The van der Waals surface area contributed by atoms with Crippen molar-refractivity contribution in [3.63, 3.8) is 0 Å². The first kappa shape index (κ1) is 10.4. The minimum atomic E-state index is 0.330. The summed E-state index contributed by atoms with van der Waals surface area (Å²) in [7, 11) is 3.97. The van der Waals surface area contributed by atoms with Gasteiger partial charge in [0.2, 0.25) is 0 Å². The lowest BCUT2D eigenvalue weighted by Gasteiger charge is -2.07. The molecule has 2 nitrogen and oxygen atoms in total. The molecule has 0 aliphatic heterocycles. The van der Waals surface area contributed by atoms with Crippen molar-refractivity contribution < 1.29 is 4.79 Å². The molecule has 0 aliphatic carbocycles. The molecule has 1 aromatic heterocycles. The van der Waals surface area contributed by atoms with Crippen molar-refractivity contribution in [2.24, 2.45) is 0 Å². The van der Waals surface area contributed by atoms with Crippen LogP contribution >= 0.6 is 11.3 Å². The van der Waals surface area contributed by atoms with Crippen molar-refractivity contribution in [2.75, 3.05) is 20.6 Å². The second-order valence-electron chi connectivity index (χ2n) is 3.35. The summed E-state index contributed by atoms with van der Waals surface area (Å²) in [6.45, 7) is 0.851. The Morgan fingerprint density at radius 2 is 2.31 bits per heavy atom. The van der Waals surface area contributed by atoms with Crippen LogP contribution in [0.1, 0.15) is 11.3 Å². The molecule has 1 heterocycles. The Kier molecular flexibility index (Phi) is 4.12. The van der Waals surface area contributed by atoms with Gasteiger partial charge in [0, 0.05) is 24.3 Å².